The third-order valence-electron chi connectivity index (χ3n) is 4.19. The number of nitrogens with zero attached hydrogens (tertiary/aromatic N) is 2. The first-order chi connectivity index (χ1) is 11.7. The zero-order valence-electron chi connectivity index (χ0n) is 13.3. The van der Waals surface area contributed by atoms with Crippen LogP contribution in [0.4, 0.5) is 8.78 Å². The smallest absolute Gasteiger partial charge is 0.282 e. The number of halogens is 3. The fourth-order valence-corrected chi connectivity index (χ4v) is 3.43. The Morgan fingerprint density at radius 2 is 2.16 bits per heavy atom. The molecule has 9 heteroatoms. The van der Waals surface area contributed by atoms with E-state index < -0.39 is 35.7 Å². The van der Waals surface area contributed by atoms with Gasteiger partial charge in [0.15, 0.2) is 0 Å². The monoisotopic (exact) mass is 415 g/mol. The summed E-state index contributed by atoms with van der Waals surface area (Å²) in [7, 11) is 0. The van der Waals surface area contributed by atoms with Crippen LogP contribution in [0.5, 0.6) is 0 Å². The minimum Gasteiger partial charge on any atom is -0.390 e. The molecule has 134 valence electrons. The number of rotatable bonds is 4. The van der Waals surface area contributed by atoms with Crippen LogP contribution in [-0.2, 0) is 11.3 Å². The molecule has 1 fully saturated rings. The molecule has 0 atom stereocenters. The Kier molecular flexibility index (Phi) is 4.63. The standard InChI is InChI=1S/C16H16BrF2N3O3/c1-16(25)5-9(6-16)20-12(23)7-22-15(24)10-3-2-8(17)4-11(10)13(21-22)14(18)19/h2-4,9,14,25H,5-7H2,1H3,(H,20,23)/t9-,16+. The number of hydrogen-bond donors (Lipinski definition) is 2. The Bertz CT molecular complexity index is 890. The van der Waals surface area contributed by atoms with Crippen molar-refractivity contribution in [1.82, 2.24) is 15.1 Å². The maximum atomic E-state index is 13.3. The largest absolute Gasteiger partial charge is 0.390 e. The van der Waals surface area contributed by atoms with Gasteiger partial charge in [0.25, 0.3) is 12.0 Å². The molecule has 1 aliphatic carbocycles. The topological polar surface area (TPSA) is 84.2 Å². The summed E-state index contributed by atoms with van der Waals surface area (Å²) in [6.45, 7) is 1.21. The lowest BCUT2D eigenvalue weighted by Crippen LogP contribution is -2.54. The molecule has 3 rings (SSSR count). The second-order valence-electron chi connectivity index (χ2n) is 6.51. The molecule has 1 aromatic carbocycles. The average molecular weight is 416 g/mol. The zero-order chi connectivity index (χ0) is 18.4. The number of aliphatic hydroxyl groups is 1. The third kappa shape index (κ3) is 3.72. The van der Waals surface area contributed by atoms with Gasteiger partial charge in [-0.25, -0.2) is 13.5 Å². The van der Waals surface area contributed by atoms with Gasteiger partial charge in [0.05, 0.1) is 11.0 Å². The highest BCUT2D eigenvalue weighted by molar-refractivity contribution is 9.10. The maximum absolute atomic E-state index is 13.3. The summed E-state index contributed by atoms with van der Waals surface area (Å²) in [6.07, 6.45) is -2.06. The van der Waals surface area contributed by atoms with Crippen LogP contribution in [0.3, 0.4) is 0 Å². The van der Waals surface area contributed by atoms with Gasteiger partial charge in [-0.3, -0.25) is 9.59 Å². The second-order valence-corrected chi connectivity index (χ2v) is 7.42. The summed E-state index contributed by atoms with van der Waals surface area (Å²) in [5, 5.41) is 16.1. The van der Waals surface area contributed by atoms with Gasteiger partial charge in [0.1, 0.15) is 12.2 Å². The van der Waals surface area contributed by atoms with E-state index in [-0.39, 0.29) is 16.8 Å². The van der Waals surface area contributed by atoms with E-state index in [4.69, 9.17) is 0 Å². The van der Waals surface area contributed by atoms with Gasteiger partial charge in [-0.1, -0.05) is 15.9 Å². The number of amides is 1. The lowest BCUT2D eigenvalue weighted by atomic mass is 9.77. The minimum absolute atomic E-state index is 0.0565. The highest BCUT2D eigenvalue weighted by atomic mass is 79.9. The van der Waals surface area contributed by atoms with Gasteiger partial charge in [-0.15, -0.1) is 0 Å². The summed E-state index contributed by atoms with van der Waals surface area (Å²) < 4.78 is 27.9. The van der Waals surface area contributed by atoms with Gasteiger partial charge < -0.3 is 10.4 Å². The Hall–Kier alpha value is -1.87. The van der Waals surface area contributed by atoms with Gasteiger partial charge in [-0.05, 0) is 38.0 Å². The first-order valence-electron chi connectivity index (χ1n) is 7.66. The van der Waals surface area contributed by atoms with E-state index in [0.717, 1.165) is 4.68 Å². The van der Waals surface area contributed by atoms with E-state index in [2.05, 4.69) is 26.3 Å². The van der Waals surface area contributed by atoms with Crippen molar-refractivity contribution in [3.05, 3.63) is 38.7 Å². The molecule has 0 unspecified atom stereocenters. The van der Waals surface area contributed by atoms with Crippen molar-refractivity contribution >= 4 is 32.6 Å². The lowest BCUT2D eigenvalue weighted by molar-refractivity contribution is -0.125. The Balaban J connectivity index is 1.89. The predicted molar refractivity (Wildman–Crippen MR) is 90.4 cm³/mol. The average Bonchev–Trinajstić information content (AvgIpc) is 2.47. The molecule has 0 bridgehead atoms. The first-order valence-corrected chi connectivity index (χ1v) is 8.46. The van der Waals surface area contributed by atoms with Crippen molar-refractivity contribution in [2.24, 2.45) is 0 Å². The van der Waals surface area contributed by atoms with E-state index in [9.17, 15) is 23.5 Å². The fourth-order valence-electron chi connectivity index (χ4n) is 3.06. The number of carbonyl (C=O) groups excluding carboxylic acids is 1. The highest BCUT2D eigenvalue weighted by Crippen LogP contribution is 2.31. The summed E-state index contributed by atoms with van der Waals surface area (Å²) in [6, 6.07) is 4.21. The quantitative estimate of drug-likeness (QED) is 0.800. The number of benzene rings is 1. The molecule has 6 nitrogen and oxygen atoms in total. The summed E-state index contributed by atoms with van der Waals surface area (Å²) in [5.41, 5.74) is -1.95. The van der Waals surface area contributed by atoms with Crippen molar-refractivity contribution in [3.8, 4) is 0 Å². The van der Waals surface area contributed by atoms with Crippen LogP contribution in [0, 0.1) is 0 Å². The molecule has 0 radical (unpaired) electrons. The summed E-state index contributed by atoms with van der Waals surface area (Å²) in [4.78, 5) is 24.5. The normalized spacial score (nSPS) is 22.9. The van der Waals surface area contributed by atoms with Crippen molar-refractivity contribution in [2.45, 2.75) is 44.4 Å². The van der Waals surface area contributed by atoms with E-state index >= 15 is 0 Å². The number of nitrogens with one attached hydrogen (secondary N) is 1. The number of carbonyl (C=O) groups is 1. The van der Waals surface area contributed by atoms with Crippen LogP contribution in [0.25, 0.3) is 10.8 Å². The summed E-state index contributed by atoms with van der Waals surface area (Å²) >= 11 is 3.18. The Labute approximate surface area is 150 Å². The number of hydrogen-bond acceptors (Lipinski definition) is 4. The van der Waals surface area contributed by atoms with Gasteiger partial charge in [-0.2, -0.15) is 5.10 Å². The van der Waals surface area contributed by atoms with E-state index in [1.807, 2.05) is 0 Å². The Morgan fingerprint density at radius 3 is 2.76 bits per heavy atom. The molecule has 0 aliphatic heterocycles. The molecular formula is C16H16BrF2N3O3. The fraction of sp³-hybridized carbons (Fsp3) is 0.438. The minimum atomic E-state index is -2.88. The molecular weight excluding hydrogens is 400 g/mol. The summed E-state index contributed by atoms with van der Waals surface area (Å²) in [5.74, 6) is -0.508. The molecule has 1 amide bonds. The molecule has 2 aromatic rings. The van der Waals surface area contributed by atoms with Crippen LogP contribution in [0.1, 0.15) is 31.9 Å². The van der Waals surface area contributed by atoms with Gasteiger partial charge >= 0.3 is 0 Å². The predicted octanol–water partition coefficient (Wildman–Crippen LogP) is 2.13. The van der Waals surface area contributed by atoms with E-state index in [0.29, 0.717) is 17.3 Å². The Morgan fingerprint density at radius 1 is 1.48 bits per heavy atom. The molecule has 0 saturated heterocycles. The van der Waals surface area contributed by atoms with E-state index in [1.54, 1.807) is 13.0 Å². The van der Waals surface area contributed by atoms with Crippen LogP contribution in [0.2, 0.25) is 0 Å². The van der Waals surface area contributed by atoms with E-state index in [1.165, 1.54) is 12.1 Å². The first kappa shape index (κ1) is 17.9. The van der Waals surface area contributed by atoms with Crippen molar-refractivity contribution < 1.29 is 18.7 Å². The van der Waals surface area contributed by atoms with Crippen LogP contribution in [0.15, 0.2) is 27.5 Å². The van der Waals surface area contributed by atoms with Crippen LogP contribution in [-0.4, -0.2) is 32.4 Å². The number of alkyl halides is 2. The maximum Gasteiger partial charge on any atom is 0.282 e. The van der Waals surface area contributed by atoms with Crippen molar-refractivity contribution in [1.29, 1.82) is 0 Å². The zero-order valence-corrected chi connectivity index (χ0v) is 14.9. The molecule has 1 aliphatic rings. The molecule has 1 aromatic heterocycles. The molecule has 2 N–H and O–H groups in total. The SMILES string of the molecule is C[C@]1(O)C[C@@H](NC(=O)Cn2nc(C(F)F)c3cc(Br)ccc3c2=O)C1. The van der Waals surface area contributed by atoms with Crippen LogP contribution >= 0.6 is 15.9 Å². The highest BCUT2D eigenvalue weighted by Gasteiger charge is 2.39. The molecule has 1 saturated carbocycles. The lowest BCUT2D eigenvalue weighted by Gasteiger charge is -2.41. The van der Waals surface area contributed by atoms with Crippen LogP contribution < -0.4 is 10.9 Å². The molecule has 25 heavy (non-hydrogen) atoms. The van der Waals surface area contributed by atoms with Crippen molar-refractivity contribution in [2.75, 3.05) is 0 Å². The van der Waals surface area contributed by atoms with Gasteiger partial charge in [0, 0.05) is 15.9 Å². The third-order valence-corrected chi connectivity index (χ3v) is 4.68. The van der Waals surface area contributed by atoms with Gasteiger partial charge in [0.2, 0.25) is 5.91 Å². The van der Waals surface area contributed by atoms with Crippen molar-refractivity contribution in [3.63, 3.8) is 0 Å². The molecule has 0 spiro atoms. The molecule has 1 heterocycles. The number of aromatic nitrogens is 2. The number of fused-ring (bicyclic) bond motifs is 1. The second kappa shape index (κ2) is 6.45.